The number of hydrogen-bond donors (Lipinski definition) is 1. The van der Waals surface area contributed by atoms with E-state index in [1.54, 1.807) is 13.1 Å². The van der Waals surface area contributed by atoms with Crippen LogP contribution < -0.4 is 5.32 Å². The molecule has 0 aromatic carbocycles. The van der Waals surface area contributed by atoms with Gasteiger partial charge < -0.3 is 10.1 Å². The standard InChI is InChI=1S/C16H20N2O3/c1-12(21-16(20)13-7-3-2-4-8-13)15(19)18-11-14-9-5-6-10-17-14/h2-3,5-6,9-10,12-13H,4,7-8,11H2,1H3,(H,18,19). The third-order valence-electron chi connectivity index (χ3n) is 3.43. The predicted octanol–water partition coefficient (Wildman–Crippen LogP) is 1.99. The normalized spacial score (nSPS) is 18.8. The third-order valence-corrected chi connectivity index (χ3v) is 3.43. The predicted molar refractivity (Wildman–Crippen MR) is 78.1 cm³/mol. The van der Waals surface area contributed by atoms with E-state index in [2.05, 4.69) is 16.4 Å². The van der Waals surface area contributed by atoms with Gasteiger partial charge in [0, 0.05) is 6.20 Å². The lowest BCUT2D eigenvalue weighted by atomic mass is 9.95. The first-order valence-corrected chi connectivity index (χ1v) is 7.20. The summed E-state index contributed by atoms with van der Waals surface area (Å²) in [6, 6.07) is 5.49. The molecule has 1 aliphatic carbocycles. The highest BCUT2D eigenvalue weighted by molar-refractivity contribution is 5.83. The maximum absolute atomic E-state index is 11.9. The highest BCUT2D eigenvalue weighted by atomic mass is 16.5. The van der Waals surface area contributed by atoms with E-state index < -0.39 is 6.10 Å². The smallest absolute Gasteiger partial charge is 0.310 e. The van der Waals surface area contributed by atoms with E-state index in [0.29, 0.717) is 13.0 Å². The van der Waals surface area contributed by atoms with Crippen LogP contribution in [-0.2, 0) is 20.9 Å². The molecule has 1 amide bonds. The second kappa shape index (κ2) is 7.57. The Bertz CT molecular complexity index is 514. The number of pyridine rings is 1. The van der Waals surface area contributed by atoms with Crippen molar-refractivity contribution in [3.8, 4) is 0 Å². The summed E-state index contributed by atoms with van der Waals surface area (Å²) in [4.78, 5) is 28.0. The van der Waals surface area contributed by atoms with Crippen molar-refractivity contribution in [1.82, 2.24) is 10.3 Å². The van der Waals surface area contributed by atoms with Gasteiger partial charge in [0.05, 0.1) is 18.2 Å². The zero-order chi connectivity index (χ0) is 15.1. The molecule has 2 unspecified atom stereocenters. The number of esters is 1. The van der Waals surface area contributed by atoms with Crippen molar-refractivity contribution < 1.29 is 14.3 Å². The van der Waals surface area contributed by atoms with Gasteiger partial charge in [0.2, 0.25) is 0 Å². The number of ether oxygens (including phenoxy) is 1. The Morgan fingerprint density at radius 3 is 2.95 bits per heavy atom. The van der Waals surface area contributed by atoms with E-state index >= 15 is 0 Å². The average Bonchev–Trinajstić information content (AvgIpc) is 2.54. The number of hydrogen-bond acceptors (Lipinski definition) is 4. The van der Waals surface area contributed by atoms with Crippen LogP contribution in [0.4, 0.5) is 0 Å². The van der Waals surface area contributed by atoms with Gasteiger partial charge in [-0.2, -0.15) is 0 Å². The second-order valence-corrected chi connectivity index (χ2v) is 5.10. The lowest BCUT2D eigenvalue weighted by Gasteiger charge is -2.19. The van der Waals surface area contributed by atoms with Gasteiger partial charge in [-0.05, 0) is 38.3 Å². The number of carbonyl (C=O) groups excluding carboxylic acids is 2. The number of rotatable bonds is 5. The molecule has 112 valence electrons. The van der Waals surface area contributed by atoms with Gasteiger partial charge in [0.25, 0.3) is 5.91 Å². The molecular weight excluding hydrogens is 268 g/mol. The number of carbonyl (C=O) groups is 2. The molecule has 2 rings (SSSR count). The summed E-state index contributed by atoms with van der Waals surface area (Å²) in [5.74, 6) is -0.721. The van der Waals surface area contributed by atoms with E-state index in [0.717, 1.165) is 18.5 Å². The fourth-order valence-corrected chi connectivity index (χ4v) is 2.16. The van der Waals surface area contributed by atoms with Crippen molar-refractivity contribution in [2.45, 2.75) is 38.8 Å². The molecule has 0 radical (unpaired) electrons. The summed E-state index contributed by atoms with van der Waals surface area (Å²) in [7, 11) is 0. The molecule has 2 atom stereocenters. The van der Waals surface area contributed by atoms with Crippen LogP contribution in [-0.4, -0.2) is 23.0 Å². The first kappa shape index (κ1) is 15.2. The van der Waals surface area contributed by atoms with E-state index in [1.165, 1.54) is 0 Å². The van der Waals surface area contributed by atoms with Gasteiger partial charge in [-0.1, -0.05) is 18.2 Å². The van der Waals surface area contributed by atoms with Gasteiger partial charge in [0.1, 0.15) is 0 Å². The fourth-order valence-electron chi connectivity index (χ4n) is 2.16. The van der Waals surface area contributed by atoms with Crippen molar-refractivity contribution in [2.24, 2.45) is 5.92 Å². The Balaban J connectivity index is 1.76. The summed E-state index contributed by atoms with van der Waals surface area (Å²) < 4.78 is 5.23. The zero-order valence-electron chi connectivity index (χ0n) is 12.1. The molecule has 0 fully saturated rings. The molecule has 0 aliphatic heterocycles. The maximum atomic E-state index is 11.9. The van der Waals surface area contributed by atoms with Gasteiger partial charge in [-0.25, -0.2) is 0 Å². The van der Waals surface area contributed by atoms with Gasteiger partial charge in [0.15, 0.2) is 6.10 Å². The van der Waals surface area contributed by atoms with Crippen LogP contribution in [0.2, 0.25) is 0 Å². The van der Waals surface area contributed by atoms with E-state index in [9.17, 15) is 9.59 Å². The van der Waals surface area contributed by atoms with E-state index in [-0.39, 0.29) is 17.8 Å². The quantitative estimate of drug-likeness (QED) is 0.664. The molecule has 1 aromatic rings. The highest BCUT2D eigenvalue weighted by Gasteiger charge is 2.24. The molecule has 5 nitrogen and oxygen atoms in total. The molecule has 1 aromatic heterocycles. The molecule has 1 N–H and O–H groups in total. The molecular formula is C16H20N2O3. The molecule has 0 saturated heterocycles. The minimum Gasteiger partial charge on any atom is -0.452 e. The monoisotopic (exact) mass is 288 g/mol. The van der Waals surface area contributed by atoms with Gasteiger partial charge in [-0.15, -0.1) is 0 Å². The Labute approximate surface area is 124 Å². The molecule has 1 heterocycles. The first-order valence-electron chi connectivity index (χ1n) is 7.20. The number of nitrogens with zero attached hydrogens (tertiary/aromatic N) is 1. The van der Waals surface area contributed by atoms with Crippen LogP contribution >= 0.6 is 0 Å². The molecule has 0 spiro atoms. The Morgan fingerprint density at radius 1 is 1.43 bits per heavy atom. The van der Waals surface area contributed by atoms with E-state index in [4.69, 9.17) is 4.74 Å². The Hall–Kier alpha value is -2.17. The first-order chi connectivity index (χ1) is 10.2. The molecule has 1 aliphatic rings. The van der Waals surface area contributed by atoms with Gasteiger partial charge in [-0.3, -0.25) is 14.6 Å². The summed E-state index contributed by atoms with van der Waals surface area (Å²) in [5, 5.41) is 2.71. The maximum Gasteiger partial charge on any atom is 0.310 e. The number of allylic oxidation sites excluding steroid dienone is 2. The highest BCUT2D eigenvalue weighted by Crippen LogP contribution is 2.20. The van der Waals surface area contributed by atoms with Crippen molar-refractivity contribution in [1.29, 1.82) is 0 Å². The fraction of sp³-hybridized carbons (Fsp3) is 0.438. The van der Waals surface area contributed by atoms with Crippen LogP contribution in [0.5, 0.6) is 0 Å². The largest absolute Gasteiger partial charge is 0.452 e. The molecule has 0 saturated carbocycles. The van der Waals surface area contributed by atoms with Crippen molar-refractivity contribution >= 4 is 11.9 Å². The van der Waals surface area contributed by atoms with Crippen molar-refractivity contribution in [3.05, 3.63) is 42.2 Å². The summed E-state index contributed by atoms with van der Waals surface area (Å²) in [6.45, 7) is 1.91. The van der Waals surface area contributed by atoms with Crippen molar-refractivity contribution in [3.63, 3.8) is 0 Å². The second-order valence-electron chi connectivity index (χ2n) is 5.10. The topological polar surface area (TPSA) is 68.3 Å². The summed E-state index contributed by atoms with van der Waals surface area (Å²) in [5.41, 5.74) is 0.766. The lowest BCUT2D eigenvalue weighted by molar-refractivity contribution is -0.159. The Morgan fingerprint density at radius 2 is 2.29 bits per heavy atom. The number of aromatic nitrogens is 1. The van der Waals surface area contributed by atoms with Crippen molar-refractivity contribution in [2.75, 3.05) is 0 Å². The van der Waals surface area contributed by atoms with Crippen LogP contribution in [0.3, 0.4) is 0 Å². The molecule has 0 bridgehead atoms. The summed E-state index contributed by atoms with van der Waals surface area (Å²) in [6.07, 6.45) is 7.31. The van der Waals surface area contributed by atoms with Crippen LogP contribution in [0.25, 0.3) is 0 Å². The average molecular weight is 288 g/mol. The van der Waals surface area contributed by atoms with Gasteiger partial charge >= 0.3 is 5.97 Å². The lowest BCUT2D eigenvalue weighted by Crippen LogP contribution is -2.37. The molecule has 5 heteroatoms. The minimum absolute atomic E-state index is 0.124. The SMILES string of the molecule is CC(OC(=O)C1CC=CCC1)C(=O)NCc1ccccn1. The summed E-state index contributed by atoms with van der Waals surface area (Å²) >= 11 is 0. The Kier molecular flexibility index (Phi) is 5.49. The zero-order valence-corrected chi connectivity index (χ0v) is 12.1. The van der Waals surface area contributed by atoms with E-state index in [1.807, 2.05) is 24.3 Å². The number of amides is 1. The van der Waals surface area contributed by atoms with Crippen LogP contribution in [0.15, 0.2) is 36.5 Å². The molecule has 21 heavy (non-hydrogen) atoms. The third kappa shape index (κ3) is 4.70. The minimum atomic E-state index is -0.785. The number of nitrogens with one attached hydrogen (secondary N) is 1. The van der Waals surface area contributed by atoms with Crippen LogP contribution in [0, 0.1) is 5.92 Å². The van der Waals surface area contributed by atoms with Crippen LogP contribution in [0.1, 0.15) is 31.9 Å².